The van der Waals surface area contributed by atoms with Gasteiger partial charge in [0.25, 0.3) is 0 Å². The SMILES string of the molecule is COc1cc(C[NH2+]Cc2cccc3ccccc23)cc(OC)c1. The maximum atomic E-state index is 5.33. The third-order valence-corrected chi connectivity index (χ3v) is 4.04. The first-order valence-electron chi connectivity index (χ1n) is 7.80. The van der Waals surface area contributed by atoms with Crippen molar-refractivity contribution < 1.29 is 14.8 Å². The summed E-state index contributed by atoms with van der Waals surface area (Å²) in [7, 11) is 3.36. The van der Waals surface area contributed by atoms with E-state index >= 15 is 0 Å². The minimum absolute atomic E-state index is 0.831. The monoisotopic (exact) mass is 308 g/mol. The first kappa shape index (κ1) is 15.4. The summed E-state index contributed by atoms with van der Waals surface area (Å²) in [5.41, 5.74) is 2.55. The summed E-state index contributed by atoms with van der Waals surface area (Å²) in [6, 6.07) is 21.0. The molecule has 3 aromatic carbocycles. The Hall–Kier alpha value is -2.52. The Kier molecular flexibility index (Phi) is 4.79. The zero-order valence-electron chi connectivity index (χ0n) is 13.6. The Morgan fingerprint density at radius 3 is 2.22 bits per heavy atom. The molecule has 0 radical (unpaired) electrons. The molecule has 0 fully saturated rings. The van der Waals surface area contributed by atoms with E-state index in [1.807, 2.05) is 6.07 Å². The number of rotatable bonds is 6. The van der Waals surface area contributed by atoms with Crippen LogP contribution < -0.4 is 14.8 Å². The fourth-order valence-corrected chi connectivity index (χ4v) is 2.85. The lowest BCUT2D eigenvalue weighted by Crippen LogP contribution is -2.80. The van der Waals surface area contributed by atoms with Crippen molar-refractivity contribution in [1.29, 1.82) is 0 Å². The minimum atomic E-state index is 0.831. The quantitative estimate of drug-likeness (QED) is 0.759. The largest absolute Gasteiger partial charge is 0.497 e. The summed E-state index contributed by atoms with van der Waals surface area (Å²) < 4.78 is 10.7. The van der Waals surface area contributed by atoms with Crippen LogP contribution in [0.4, 0.5) is 0 Å². The topological polar surface area (TPSA) is 35.1 Å². The van der Waals surface area contributed by atoms with Gasteiger partial charge in [-0.25, -0.2) is 0 Å². The Morgan fingerprint density at radius 1 is 0.783 bits per heavy atom. The number of fused-ring (bicyclic) bond motifs is 1. The van der Waals surface area contributed by atoms with Gasteiger partial charge in [-0.15, -0.1) is 0 Å². The van der Waals surface area contributed by atoms with Crippen molar-refractivity contribution in [3.05, 3.63) is 71.8 Å². The molecule has 0 heterocycles. The molecule has 3 aromatic rings. The van der Waals surface area contributed by atoms with Gasteiger partial charge in [-0.05, 0) is 22.9 Å². The summed E-state index contributed by atoms with van der Waals surface area (Å²) >= 11 is 0. The third-order valence-electron chi connectivity index (χ3n) is 4.04. The molecule has 3 nitrogen and oxygen atoms in total. The molecule has 0 aliphatic heterocycles. The van der Waals surface area contributed by atoms with Gasteiger partial charge in [0.05, 0.1) is 14.2 Å². The van der Waals surface area contributed by atoms with Crippen LogP contribution in [-0.4, -0.2) is 14.2 Å². The molecule has 3 rings (SSSR count). The predicted octanol–water partition coefficient (Wildman–Crippen LogP) is 3.12. The smallest absolute Gasteiger partial charge is 0.123 e. The maximum Gasteiger partial charge on any atom is 0.123 e. The normalized spacial score (nSPS) is 10.7. The first-order chi connectivity index (χ1) is 11.3. The molecule has 0 unspecified atom stereocenters. The van der Waals surface area contributed by atoms with Crippen molar-refractivity contribution >= 4 is 10.8 Å². The Labute approximate surface area is 136 Å². The van der Waals surface area contributed by atoms with Crippen LogP contribution in [0, 0.1) is 0 Å². The molecule has 0 atom stereocenters. The summed E-state index contributed by atoms with van der Waals surface area (Å²) in [6.45, 7) is 1.83. The lowest BCUT2D eigenvalue weighted by Gasteiger charge is -2.09. The van der Waals surface area contributed by atoms with E-state index in [-0.39, 0.29) is 0 Å². The Morgan fingerprint density at radius 2 is 1.48 bits per heavy atom. The second-order valence-electron chi connectivity index (χ2n) is 5.56. The summed E-state index contributed by atoms with van der Waals surface area (Å²) in [4.78, 5) is 0. The molecule has 0 bridgehead atoms. The van der Waals surface area contributed by atoms with E-state index in [0.717, 1.165) is 24.6 Å². The minimum Gasteiger partial charge on any atom is -0.497 e. The van der Waals surface area contributed by atoms with Gasteiger partial charge in [-0.3, -0.25) is 0 Å². The molecule has 0 aliphatic rings. The van der Waals surface area contributed by atoms with E-state index in [0.29, 0.717) is 0 Å². The predicted molar refractivity (Wildman–Crippen MR) is 92.8 cm³/mol. The van der Waals surface area contributed by atoms with Crippen molar-refractivity contribution in [2.45, 2.75) is 13.1 Å². The lowest BCUT2D eigenvalue weighted by molar-refractivity contribution is -0.686. The van der Waals surface area contributed by atoms with Crippen molar-refractivity contribution in [1.82, 2.24) is 0 Å². The molecule has 2 N–H and O–H groups in total. The summed E-state index contributed by atoms with van der Waals surface area (Å²) in [5, 5.41) is 4.92. The van der Waals surface area contributed by atoms with Gasteiger partial charge >= 0.3 is 0 Å². The Balaban J connectivity index is 1.71. The van der Waals surface area contributed by atoms with Gasteiger partial charge in [-0.2, -0.15) is 0 Å². The molecular weight excluding hydrogens is 286 g/mol. The van der Waals surface area contributed by atoms with Crippen LogP contribution in [0.25, 0.3) is 10.8 Å². The van der Waals surface area contributed by atoms with Crippen LogP contribution in [0.3, 0.4) is 0 Å². The van der Waals surface area contributed by atoms with Gasteiger partial charge in [0.1, 0.15) is 24.6 Å². The van der Waals surface area contributed by atoms with Crippen molar-refractivity contribution in [3.63, 3.8) is 0 Å². The van der Waals surface area contributed by atoms with Crippen molar-refractivity contribution in [2.24, 2.45) is 0 Å². The summed E-state index contributed by atoms with van der Waals surface area (Å²) in [6.07, 6.45) is 0. The molecule has 23 heavy (non-hydrogen) atoms. The highest BCUT2D eigenvalue weighted by Gasteiger charge is 2.05. The molecule has 3 heteroatoms. The van der Waals surface area contributed by atoms with E-state index in [9.17, 15) is 0 Å². The Bertz CT molecular complexity index is 771. The molecular formula is C20H22NO2+. The van der Waals surface area contributed by atoms with Crippen LogP contribution in [0.1, 0.15) is 11.1 Å². The third kappa shape index (κ3) is 3.63. The molecule has 0 aliphatic carbocycles. The molecule has 0 spiro atoms. The number of ether oxygens (including phenoxy) is 2. The van der Waals surface area contributed by atoms with Crippen LogP contribution in [0.5, 0.6) is 11.5 Å². The first-order valence-corrected chi connectivity index (χ1v) is 7.80. The molecule has 0 saturated heterocycles. The molecule has 0 amide bonds. The van der Waals surface area contributed by atoms with E-state index in [2.05, 4.69) is 59.9 Å². The van der Waals surface area contributed by atoms with E-state index in [1.54, 1.807) is 14.2 Å². The fourth-order valence-electron chi connectivity index (χ4n) is 2.85. The van der Waals surface area contributed by atoms with Crippen LogP contribution >= 0.6 is 0 Å². The van der Waals surface area contributed by atoms with Crippen molar-refractivity contribution in [3.8, 4) is 11.5 Å². The number of methoxy groups -OCH3 is 2. The number of benzene rings is 3. The number of quaternary nitrogens is 1. The van der Waals surface area contributed by atoms with Crippen LogP contribution in [-0.2, 0) is 13.1 Å². The van der Waals surface area contributed by atoms with Gasteiger partial charge in [-0.1, -0.05) is 42.5 Å². The van der Waals surface area contributed by atoms with Crippen LogP contribution in [0.15, 0.2) is 60.7 Å². The number of hydrogen-bond acceptors (Lipinski definition) is 2. The van der Waals surface area contributed by atoms with Gasteiger partial charge in [0, 0.05) is 17.2 Å². The number of hydrogen-bond donors (Lipinski definition) is 1. The number of nitrogens with two attached hydrogens (primary N) is 1. The average molecular weight is 308 g/mol. The van der Waals surface area contributed by atoms with E-state index < -0.39 is 0 Å². The summed E-state index contributed by atoms with van der Waals surface area (Å²) in [5.74, 6) is 1.66. The van der Waals surface area contributed by atoms with Gasteiger partial charge in [0.2, 0.25) is 0 Å². The zero-order chi connectivity index (χ0) is 16.1. The van der Waals surface area contributed by atoms with E-state index in [1.165, 1.54) is 21.9 Å². The molecule has 118 valence electrons. The van der Waals surface area contributed by atoms with Gasteiger partial charge in [0.15, 0.2) is 0 Å². The standard InChI is InChI=1S/C20H21NO2/c1-22-18-10-15(11-19(12-18)23-2)13-21-14-17-8-5-7-16-6-3-4-9-20(16)17/h3-12,21H,13-14H2,1-2H3/p+1. The highest BCUT2D eigenvalue weighted by atomic mass is 16.5. The molecule has 0 aromatic heterocycles. The van der Waals surface area contributed by atoms with Crippen molar-refractivity contribution in [2.75, 3.05) is 14.2 Å². The highest BCUT2D eigenvalue weighted by Crippen LogP contribution is 2.22. The van der Waals surface area contributed by atoms with Crippen LogP contribution in [0.2, 0.25) is 0 Å². The zero-order valence-corrected chi connectivity index (χ0v) is 13.6. The van der Waals surface area contributed by atoms with Gasteiger partial charge < -0.3 is 14.8 Å². The second kappa shape index (κ2) is 7.16. The highest BCUT2D eigenvalue weighted by molar-refractivity contribution is 5.85. The molecule has 0 saturated carbocycles. The maximum absolute atomic E-state index is 5.33. The lowest BCUT2D eigenvalue weighted by atomic mass is 10.0. The second-order valence-corrected chi connectivity index (χ2v) is 5.56. The average Bonchev–Trinajstić information content (AvgIpc) is 2.61. The fraction of sp³-hybridized carbons (Fsp3) is 0.200. The van der Waals surface area contributed by atoms with E-state index in [4.69, 9.17) is 9.47 Å².